The molecule has 39 heavy (non-hydrogen) atoms. The van der Waals surface area contributed by atoms with Gasteiger partial charge in [0, 0.05) is 29.4 Å². The summed E-state index contributed by atoms with van der Waals surface area (Å²) in [5.74, 6) is 0.0277. The van der Waals surface area contributed by atoms with Crippen LogP contribution in [0.4, 0.5) is 0 Å². The van der Waals surface area contributed by atoms with Gasteiger partial charge >= 0.3 is 11.9 Å². The summed E-state index contributed by atoms with van der Waals surface area (Å²) in [4.78, 5) is 23.2. The number of benzene rings is 2. The van der Waals surface area contributed by atoms with Crippen LogP contribution in [0, 0.1) is 0 Å². The van der Waals surface area contributed by atoms with E-state index < -0.39 is 0 Å². The molecule has 0 radical (unpaired) electrons. The van der Waals surface area contributed by atoms with Crippen molar-refractivity contribution in [2.24, 2.45) is 0 Å². The molecule has 0 aliphatic carbocycles. The van der Waals surface area contributed by atoms with Gasteiger partial charge in [0.25, 0.3) is 0 Å². The van der Waals surface area contributed by atoms with Crippen LogP contribution in [0.15, 0.2) is 72.8 Å². The van der Waals surface area contributed by atoms with Gasteiger partial charge in [-0.1, -0.05) is 63.4 Å². The van der Waals surface area contributed by atoms with Gasteiger partial charge in [-0.25, -0.2) is 9.59 Å². The van der Waals surface area contributed by atoms with Crippen LogP contribution in [0.2, 0.25) is 0 Å². The molecule has 2 rings (SSSR count). The van der Waals surface area contributed by atoms with Crippen molar-refractivity contribution in [1.82, 2.24) is 0 Å². The zero-order valence-corrected chi connectivity index (χ0v) is 24.5. The van der Waals surface area contributed by atoms with Crippen LogP contribution in [0.5, 0.6) is 5.75 Å². The number of rotatable bonds is 15. The SMILES string of the molecule is C=C(C)C(=O)OC(C)CCOc1ccc(C(C)(C)c2ccc(C(C)OCCC(C)OC(=O)C(=C)C)cc2)cc1. The molecule has 0 aromatic heterocycles. The number of esters is 2. The molecule has 0 saturated carbocycles. The van der Waals surface area contributed by atoms with Crippen molar-refractivity contribution in [2.75, 3.05) is 13.2 Å². The van der Waals surface area contributed by atoms with Gasteiger partial charge in [0.1, 0.15) is 18.0 Å². The van der Waals surface area contributed by atoms with E-state index in [0.29, 0.717) is 37.2 Å². The van der Waals surface area contributed by atoms with Gasteiger partial charge in [0.15, 0.2) is 0 Å². The van der Waals surface area contributed by atoms with E-state index in [4.69, 9.17) is 18.9 Å². The highest BCUT2D eigenvalue weighted by Crippen LogP contribution is 2.33. The number of carbonyl (C=O) groups excluding carboxylic acids is 2. The molecular weight excluding hydrogens is 492 g/mol. The first kappa shape index (κ1) is 31.8. The van der Waals surface area contributed by atoms with Crippen LogP contribution >= 0.6 is 0 Å². The summed E-state index contributed by atoms with van der Waals surface area (Å²) in [6.07, 6.45) is 0.683. The van der Waals surface area contributed by atoms with Gasteiger partial charge in [-0.2, -0.15) is 0 Å². The molecule has 6 nitrogen and oxygen atoms in total. The largest absolute Gasteiger partial charge is 0.493 e. The fourth-order valence-electron chi connectivity index (χ4n) is 3.84. The molecule has 0 N–H and O–H groups in total. The van der Waals surface area contributed by atoms with E-state index in [0.717, 1.165) is 11.3 Å². The first-order chi connectivity index (χ1) is 18.3. The lowest BCUT2D eigenvalue weighted by Crippen LogP contribution is -2.19. The van der Waals surface area contributed by atoms with Crippen molar-refractivity contribution < 1.29 is 28.5 Å². The number of hydrogen-bond donors (Lipinski definition) is 0. The minimum absolute atomic E-state index is 0.0744. The second kappa shape index (κ2) is 14.7. The fraction of sp³-hybridized carbons (Fsp3) is 0.455. The molecule has 212 valence electrons. The summed E-state index contributed by atoms with van der Waals surface area (Å²) in [7, 11) is 0. The lowest BCUT2D eigenvalue weighted by Gasteiger charge is -2.27. The smallest absolute Gasteiger partial charge is 0.333 e. The average Bonchev–Trinajstić information content (AvgIpc) is 2.88. The molecule has 3 atom stereocenters. The van der Waals surface area contributed by atoms with Gasteiger partial charge < -0.3 is 18.9 Å². The Bertz CT molecular complexity index is 1110. The standard InChI is InChI=1S/C33H44O6/c1-22(2)31(34)38-24(5)18-20-36-26(7)27-10-12-28(13-11-27)33(8,9)29-14-16-30(17-15-29)37-21-19-25(6)39-32(35)23(3)4/h10-17,24-26H,1,3,18-21H2,2,4-9H3. The van der Waals surface area contributed by atoms with Crippen molar-refractivity contribution >= 4 is 11.9 Å². The molecule has 0 amide bonds. The highest BCUT2D eigenvalue weighted by Gasteiger charge is 2.23. The van der Waals surface area contributed by atoms with Crippen molar-refractivity contribution in [3.8, 4) is 5.75 Å². The number of ether oxygens (including phenoxy) is 4. The normalized spacial score (nSPS) is 13.6. The van der Waals surface area contributed by atoms with Gasteiger partial charge in [-0.05, 0) is 63.4 Å². The topological polar surface area (TPSA) is 71.1 Å². The molecule has 0 aliphatic rings. The van der Waals surface area contributed by atoms with E-state index >= 15 is 0 Å². The first-order valence-electron chi connectivity index (χ1n) is 13.5. The van der Waals surface area contributed by atoms with Crippen molar-refractivity contribution in [1.29, 1.82) is 0 Å². The molecule has 3 unspecified atom stereocenters. The minimum atomic E-state index is -0.377. The Balaban J connectivity index is 1.88. The third kappa shape index (κ3) is 10.0. The second-order valence-corrected chi connectivity index (χ2v) is 10.7. The zero-order valence-electron chi connectivity index (χ0n) is 24.5. The van der Waals surface area contributed by atoms with E-state index in [1.165, 1.54) is 11.1 Å². The Labute approximate surface area is 234 Å². The highest BCUT2D eigenvalue weighted by molar-refractivity contribution is 5.87. The Morgan fingerprint density at radius 2 is 1.18 bits per heavy atom. The van der Waals surface area contributed by atoms with E-state index in [-0.39, 0.29) is 35.7 Å². The molecule has 0 fully saturated rings. The Hall–Kier alpha value is -3.38. The van der Waals surface area contributed by atoms with Crippen LogP contribution in [-0.4, -0.2) is 37.4 Å². The summed E-state index contributed by atoms with van der Waals surface area (Å²) >= 11 is 0. The molecule has 0 saturated heterocycles. The van der Waals surface area contributed by atoms with Crippen molar-refractivity contribution in [3.05, 3.63) is 89.5 Å². The van der Waals surface area contributed by atoms with Crippen molar-refractivity contribution in [2.45, 2.75) is 85.0 Å². The average molecular weight is 537 g/mol. The third-order valence-electron chi connectivity index (χ3n) is 6.68. The monoisotopic (exact) mass is 536 g/mol. The lowest BCUT2D eigenvalue weighted by atomic mass is 9.78. The van der Waals surface area contributed by atoms with Crippen LogP contribution in [-0.2, 0) is 29.2 Å². The van der Waals surface area contributed by atoms with Crippen LogP contribution in [0.25, 0.3) is 0 Å². The van der Waals surface area contributed by atoms with E-state index in [1.807, 2.05) is 32.9 Å². The number of carbonyl (C=O) groups is 2. The summed E-state index contributed by atoms with van der Waals surface area (Å²) in [5, 5.41) is 0. The zero-order chi connectivity index (χ0) is 29.2. The number of hydrogen-bond acceptors (Lipinski definition) is 6. The molecule has 6 heteroatoms. The predicted molar refractivity (Wildman–Crippen MR) is 155 cm³/mol. The van der Waals surface area contributed by atoms with Gasteiger partial charge in [-0.15, -0.1) is 0 Å². The Morgan fingerprint density at radius 1 is 0.744 bits per heavy atom. The second-order valence-electron chi connectivity index (χ2n) is 10.7. The molecule has 2 aromatic rings. The van der Waals surface area contributed by atoms with Gasteiger partial charge in [0.05, 0.1) is 19.3 Å². The molecule has 0 bridgehead atoms. The maximum atomic E-state index is 11.6. The quantitative estimate of drug-likeness (QED) is 0.176. The van der Waals surface area contributed by atoms with Crippen LogP contribution < -0.4 is 4.74 Å². The van der Waals surface area contributed by atoms with Gasteiger partial charge in [0.2, 0.25) is 0 Å². The molecule has 2 aromatic carbocycles. The third-order valence-corrected chi connectivity index (χ3v) is 6.68. The molecule has 0 aliphatic heterocycles. The summed E-state index contributed by atoms with van der Waals surface area (Å²) < 4.78 is 22.4. The summed E-state index contributed by atoms with van der Waals surface area (Å²) in [6, 6.07) is 16.6. The highest BCUT2D eigenvalue weighted by atomic mass is 16.6. The van der Waals surface area contributed by atoms with Crippen LogP contribution in [0.1, 0.15) is 84.1 Å². The fourth-order valence-corrected chi connectivity index (χ4v) is 3.84. The maximum absolute atomic E-state index is 11.6. The first-order valence-corrected chi connectivity index (χ1v) is 13.5. The minimum Gasteiger partial charge on any atom is -0.493 e. The van der Waals surface area contributed by atoms with E-state index in [2.05, 4.69) is 63.4 Å². The van der Waals surface area contributed by atoms with Crippen molar-refractivity contribution in [3.63, 3.8) is 0 Å². The van der Waals surface area contributed by atoms with E-state index in [9.17, 15) is 9.59 Å². The summed E-state index contributed by atoms with van der Waals surface area (Å²) in [5.41, 5.74) is 4.05. The predicted octanol–water partition coefficient (Wildman–Crippen LogP) is 7.26. The Kier molecular flexibility index (Phi) is 12.0. The van der Waals surface area contributed by atoms with Gasteiger partial charge in [-0.3, -0.25) is 0 Å². The van der Waals surface area contributed by atoms with Crippen LogP contribution in [0.3, 0.4) is 0 Å². The molecule has 0 heterocycles. The Morgan fingerprint density at radius 3 is 1.64 bits per heavy atom. The van der Waals surface area contributed by atoms with E-state index in [1.54, 1.807) is 13.8 Å². The molecule has 0 spiro atoms. The maximum Gasteiger partial charge on any atom is 0.333 e. The molecular formula is C33H44O6. The summed E-state index contributed by atoms with van der Waals surface area (Å²) in [6.45, 7) is 21.5. The lowest BCUT2D eigenvalue weighted by molar-refractivity contribution is -0.145.